The number of carbonyl (C=O) groups excluding carboxylic acids is 2. The zero-order valence-corrected chi connectivity index (χ0v) is 63.1. The van der Waals surface area contributed by atoms with E-state index in [2.05, 4.69) is 123 Å². The number of esters is 2. The topological polar surface area (TPSA) is 108 Å². The highest BCUT2D eigenvalue weighted by atomic mass is 31.2. The van der Waals surface area contributed by atoms with E-state index in [4.69, 9.17) is 18.5 Å². The second-order valence-corrected chi connectivity index (χ2v) is 29.2. The fraction of sp³-hybridized carbons (Fsp3) is 0.762. The summed E-state index contributed by atoms with van der Waals surface area (Å²) in [6.07, 6.45) is 105. The fourth-order valence-corrected chi connectivity index (χ4v) is 12.0. The Morgan fingerprint density at radius 1 is 0.340 bits per heavy atom. The highest BCUT2D eigenvalue weighted by molar-refractivity contribution is 7.47. The Morgan fingerprint density at radius 2 is 0.606 bits per heavy atom. The summed E-state index contributed by atoms with van der Waals surface area (Å²) in [6.45, 7) is 4.34. The van der Waals surface area contributed by atoms with Crippen molar-refractivity contribution < 1.29 is 42.1 Å². The molecule has 9 nitrogen and oxygen atoms in total. The third-order valence-electron chi connectivity index (χ3n) is 17.3. The molecule has 0 aromatic carbocycles. The second kappa shape index (κ2) is 73.9. The first-order valence-corrected chi connectivity index (χ1v) is 41.1. The molecule has 544 valence electrons. The summed E-state index contributed by atoms with van der Waals surface area (Å²) in [7, 11) is 1.48. The average molecular weight is 1330 g/mol. The van der Waals surface area contributed by atoms with E-state index in [1.807, 2.05) is 21.1 Å². The Morgan fingerprint density at radius 3 is 0.904 bits per heavy atom. The molecule has 0 heterocycles. The van der Waals surface area contributed by atoms with Crippen molar-refractivity contribution in [1.82, 2.24) is 0 Å². The monoisotopic (exact) mass is 1330 g/mol. The molecule has 2 unspecified atom stereocenters. The first-order chi connectivity index (χ1) is 46.0. The Labute approximate surface area is 582 Å². The molecule has 2 atom stereocenters. The van der Waals surface area contributed by atoms with E-state index in [0.29, 0.717) is 17.4 Å². The molecule has 94 heavy (non-hydrogen) atoms. The van der Waals surface area contributed by atoms with Gasteiger partial charge in [-0.1, -0.05) is 354 Å². The molecule has 0 bridgehead atoms. The van der Waals surface area contributed by atoms with Gasteiger partial charge in [0, 0.05) is 12.8 Å². The van der Waals surface area contributed by atoms with Crippen LogP contribution in [0.1, 0.15) is 361 Å². The van der Waals surface area contributed by atoms with Gasteiger partial charge in [0.2, 0.25) is 0 Å². The lowest BCUT2D eigenvalue weighted by molar-refractivity contribution is -0.870. The standard InChI is InChI=1S/C84H150NO8P/c1-6-8-10-12-14-16-18-20-22-24-26-28-30-32-34-36-38-39-40-41-42-43-44-45-47-48-50-52-54-56-58-60-62-64-66-68-70-72-74-76-83(86)90-80-82(81-92-94(88,89)91-79-78-85(3,4)5)93-84(87)77-75-73-71-69-67-65-63-61-59-57-55-53-51-49-46-37-35-33-31-29-27-25-23-21-19-17-15-13-11-9-7-2/h9,11,15,17-18,20-21,23-24,26-27,29,33,35,46,49,53,55,82H,6-8,10,12-14,16,19,22,25,28,30-32,34,36-45,47-48,50-52,54,56-81H2,1-5H3/p+1/b11-9-,17-15-,20-18-,23-21-,26-24-,29-27-,35-33-,49-46-,55-53-. The molecule has 0 saturated heterocycles. The molecule has 0 spiro atoms. The third-order valence-corrected chi connectivity index (χ3v) is 18.3. The summed E-state index contributed by atoms with van der Waals surface area (Å²) in [5, 5.41) is 0. The number of carbonyl (C=O) groups is 2. The van der Waals surface area contributed by atoms with Crippen LogP contribution >= 0.6 is 7.82 Å². The van der Waals surface area contributed by atoms with Crippen LogP contribution in [0, 0.1) is 0 Å². The smallest absolute Gasteiger partial charge is 0.462 e. The fourth-order valence-electron chi connectivity index (χ4n) is 11.3. The molecule has 0 aliphatic heterocycles. The number of nitrogens with zero attached hydrogens (tertiary/aromatic N) is 1. The zero-order chi connectivity index (χ0) is 68.3. The Kier molecular flexibility index (Phi) is 71.3. The van der Waals surface area contributed by atoms with Gasteiger partial charge in [-0.25, -0.2) is 4.57 Å². The van der Waals surface area contributed by atoms with E-state index in [1.165, 1.54) is 231 Å². The van der Waals surface area contributed by atoms with Gasteiger partial charge in [0.1, 0.15) is 19.8 Å². The zero-order valence-electron chi connectivity index (χ0n) is 62.2. The molecule has 0 fully saturated rings. The van der Waals surface area contributed by atoms with Crippen LogP contribution in [0.5, 0.6) is 0 Å². The van der Waals surface area contributed by atoms with Crippen molar-refractivity contribution in [3.63, 3.8) is 0 Å². The first kappa shape index (κ1) is 90.7. The lowest BCUT2D eigenvalue weighted by atomic mass is 10.0. The number of hydrogen-bond acceptors (Lipinski definition) is 7. The van der Waals surface area contributed by atoms with Crippen LogP contribution in [0.15, 0.2) is 109 Å². The normalized spacial score (nSPS) is 13.6. The minimum atomic E-state index is -4.40. The number of phosphoric acid groups is 1. The summed E-state index contributed by atoms with van der Waals surface area (Å²) in [5.74, 6) is -0.795. The number of allylic oxidation sites excluding steroid dienone is 18. The molecular weight excluding hydrogens is 1180 g/mol. The Hall–Kier alpha value is -3.33. The van der Waals surface area contributed by atoms with Gasteiger partial charge in [0.25, 0.3) is 0 Å². The van der Waals surface area contributed by atoms with E-state index < -0.39 is 26.5 Å². The number of quaternary nitrogens is 1. The molecule has 0 radical (unpaired) electrons. The molecule has 0 amide bonds. The van der Waals surface area contributed by atoms with Crippen LogP contribution in [-0.2, 0) is 32.7 Å². The van der Waals surface area contributed by atoms with Gasteiger partial charge in [-0.05, 0) is 103 Å². The van der Waals surface area contributed by atoms with Crippen LogP contribution in [0.3, 0.4) is 0 Å². The molecule has 0 aliphatic carbocycles. The van der Waals surface area contributed by atoms with Crippen molar-refractivity contribution >= 4 is 19.8 Å². The maximum atomic E-state index is 12.9. The van der Waals surface area contributed by atoms with E-state index in [9.17, 15) is 19.0 Å². The van der Waals surface area contributed by atoms with Crippen molar-refractivity contribution in [3.8, 4) is 0 Å². The van der Waals surface area contributed by atoms with Crippen LogP contribution in [0.2, 0.25) is 0 Å². The third kappa shape index (κ3) is 77.7. The van der Waals surface area contributed by atoms with Crippen molar-refractivity contribution in [3.05, 3.63) is 109 Å². The molecule has 1 N–H and O–H groups in total. The summed E-state index contributed by atoms with van der Waals surface area (Å²) >= 11 is 0. The number of ether oxygens (including phenoxy) is 2. The van der Waals surface area contributed by atoms with Crippen LogP contribution in [0.25, 0.3) is 0 Å². The molecule has 0 aromatic rings. The second-order valence-electron chi connectivity index (χ2n) is 27.7. The molecule has 0 aliphatic rings. The highest BCUT2D eigenvalue weighted by Crippen LogP contribution is 2.43. The number of likely N-dealkylation sites (N-methyl/N-ethyl adjacent to an activating group) is 1. The molecule has 0 rings (SSSR count). The quantitative estimate of drug-likeness (QED) is 0.0211. The van der Waals surface area contributed by atoms with E-state index in [0.717, 1.165) is 96.3 Å². The van der Waals surface area contributed by atoms with Gasteiger partial charge < -0.3 is 18.9 Å². The maximum Gasteiger partial charge on any atom is 0.472 e. The number of unbranched alkanes of at least 4 members (excludes halogenated alkanes) is 41. The van der Waals surface area contributed by atoms with Crippen molar-refractivity contribution in [2.45, 2.75) is 367 Å². The van der Waals surface area contributed by atoms with Crippen LogP contribution < -0.4 is 0 Å². The molecule has 0 aromatic heterocycles. The van der Waals surface area contributed by atoms with E-state index in [1.54, 1.807) is 0 Å². The van der Waals surface area contributed by atoms with Gasteiger partial charge >= 0.3 is 19.8 Å². The van der Waals surface area contributed by atoms with Crippen molar-refractivity contribution in [2.75, 3.05) is 47.5 Å². The predicted molar refractivity (Wildman–Crippen MR) is 408 cm³/mol. The molecular formula is C84H151NO8P+. The van der Waals surface area contributed by atoms with E-state index in [-0.39, 0.29) is 32.0 Å². The van der Waals surface area contributed by atoms with Gasteiger partial charge in [-0.15, -0.1) is 0 Å². The average Bonchev–Trinajstić information content (AvgIpc) is 1.66. The van der Waals surface area contributed by atoms with Crippen molar-refractivity contribution in [2.24, 2.45) is 0 Å². The van der Waals surface area contributed by atoms with E-state index >= 15 is 0 Å². The SMILES string of the molecule is CC/C=C\C/C=C\C/C=C\C/C=C\C/C=C\C/C=C\C/C=C\CCCCCCCCCCCC(=O)OC(COC(=O)CCCCCCCCCCCCCCCCCCCCCCCCCCCCC/C=C\C/C=C\CCCCCCC)COP(=O)(O)OCC[N+](C)(C)C. The Balaban J connectivity index is 3.96. The highest BCUT2D eigenvalue weighted by Gasteiger charge is 2.27. The van der Waals surface area contributed by atoms with Crippen molar-refractivity contribution in [1.29, 1.82) is 0 Å². The summed E-state index contributed by atoms with van der Waals surface area (Å²) in [5.41, 5.74) is 0. The summed E-state index contributed by atoms with van der Waals surface area (Å²) in [4.78, 5) is 36.0. The van der Waals surface area contributed by atoms with Gasteiger partial charge in [-0.3, -0.25) is 18.6 Å². The molecule has 10 heteroatoms. The largest absolute Gasteiger partial charge is 0.472 e. The lowest BCUT2D eigenvalue weighted by Crippen LogP contribution is -2.37. The molecule has 0 saturated carbocycles. The van der Waals surface area contributed by atoms with Gasteiger partial charge in [0.15, 0.2) is 6.10 Å². The maximum absolute atomic E-state index is 12.9. The predicted octanol–water partition coefficient (Wildman–Crippen LogP) is 26.4. The number of hydrogen-bond donors (Lipinski definition) is 1. The van der Waals surface area contributed by atoms with Gasteiger partial charge in [-0.2, -0.15) is 0 Å². The Bertz CT molecular complexity index is 1960. The summed E-state index contributed by atoms with van der Waals surface area (Å²) < 4.78 is 34.8. The van der Waals surface area contributed by atoms with Gasteiger partial charge in [0.05, 0.1) is 27.7 Å². The summed E-state index contributed by atoms with van der Waals surface area (Å²) in [6, 6.07) is 0. The minimum absolute atomic E-state index is 0.0275. The van der Waals surface area contributed by atoms with Crippen LogP contribution in [-0.4, -0.2) is 74.9 Å². The first-order valence-electron chi connectivity index (χ1n) is 39.6. The minimum Gasteiger partial charge on any atom is -0.462 e. The number of rotatable bonds is 73. The number of phosphoric ester groups is 1. The lowest BCUT2D eigenvalue weighted by Gasteiger charge is -2.24. The van der Waals surface area contributed by atoms with Crippen LogP contribution in [0.4, 0.5) is 0 Å².